The molecule has 2 atom stereocenters. The van der Waals surface area contributed by atoms with E-state index in [1.165, 1.54) is 0 Å². The number of pyridine rings is 1. The Morgan fingerprint density at radius 3 is 2.88 bits per heavy atom. The molecule has 3 rings (SSSR count). The molecule has 1 aliphatic rings. The third-order valence-electron chi connectivity index (χ3n) is 3.38. The van der Waals surface area contributed by atoms with E-state index in [0.29, 0.717) is 17.2 Å². The number of nitrogen functional groups attached to an aromatic ring is 2. The van der Waals surface area contributed by atoms with Crippen LogP contribution < -0.4 is 11.5 Å². The van der Waals surface area contributed by atoms with Crippen LogP contribution >= 0.6 is 0 Å². The van der Waals surface area contributed by atoms with E-state index in [1.54, 1.807) is 12.4 Å². The van der Waals surface area contributed by atoms with Crippen LogP contribution in [0.2, 0.25) is 0 Å². The summed E-state index contributed by atoms with van der Waals surface area (Å²) >= 11 is 0. The second-order valence-electron chi connectivity index (χ2n) is 4.57. The van der Waals surface area contributed by atoms with Crippen molar-refractivity contribution in [3.8, 4) is 0 Å². The topological polar surface area (TPSA) is 103 Å². The number of imidazole rings is 1. The van der Waals surface area contributed by atoms with Gasteiger partial charge in [0.1, 0.15) is 11.3 Å². The lowest BCUT2D eigenvalue weighted by Crippen LogP contribution is -2.06. The number of anilines is 2. The van der Waals surface area contributed by atoms with Gasteiger partial charge in [-0.2, -0.15) is 0 Å². The lowest BCUT2D eigenvalue weighted by atomic mass is 10.2. The first-order chi connectivity index (χ1) is 8.15. The summed E-state index contributed by atoms with van der Waals surface area (Å²) in [5, 5.41) is 9.58. The lowest BCUT2D eigenvalue weighted by molar-refractivity contribution is 0.178. The average molecular weight is 233 g/mol. The number of aliphatic hydroxyl groups is 1. The monoisotopic (exact) mass is 233 g/mol. The van der Waals surface area contributed by atoms with E-state index in [-0.39, 0.29) is 12.1 Å². The number of fused-ring (bicyclic) bond motifs is 1. The molecular formula is C11H15N5O. The molecule has 2 aromatic rings. The van der Waals surface area contributed by atoms with Gasteiger partial charge in [0.25, 0.3) is 0 Å². The van der Waals surface area contributed by atoms with Crippen LogP contribution in [0.3, 0.4) is 0 Å². The van der Waals surface area contributed by atoms with E-state index in [2.05, 4.69) is 9.97 Å². The highest BCUT2D eigenvalue weighted by Crippen LogP contribution is 2.33. The molecule has 6 nitrogen and oxygen atoms in total. The third kappa shape index (κ3) is 1.61. The molecule has 0 bridgehead atoms. The molecule has 17 heavy (non-hydrogen) atoms. The minimum absolute atomic E-state index is 0.214. The van der Waals surface area contributed by atoms with Crippen molar-refractivity contribution in [3.05, 3.63) is 12.4 Å². The van der Waals surface area contributed by atoms with Crippen LogP contribution in [0.4, 0.5) is 11.6 Å². The van der Waals surface area contributed by atoms with Crippen LogP contribution in [0, 0.1) is 0 Å². The Hall–Kier alpha value is -1.82. The van der Waals surface area contributed by atoms with Gasteiger partial charge in [0.15, 0.2) is 5.82 Å². The van der Waals surface area contributed by atoms with Crippen molar-refractivity contribution in [2.75, 3.05) is 11.5 Å². The molecule has 6 heteroatoms. The quantitative estimate of drug-likeness (QED) is 0.672. The van der Waals surface area contributed by atoms with E-state index in [4.69, 9.17) is 11.5 Å². The molecule has 1 aliphatic carbocycles. The number of nitrogens with zero attached hydrogens (tertiary/aromatic N) is 3. The Balaban J connectivity index is 2.11. The molecule has 90 valence electrons. The largest absolute Gasteiger partial charge is 0.393 e. The Kier molecular flexibility index (Phi) is 2.19. The molecule has 5 N–H and O–H groups in total. The average Bonchev–Trinajstić information content (AvgIpc) is 2.83. The van der Waals surface area contributed by atoms with Gasteiger partial charge < -0.3 is 21.1 Å². The minimum Gasteiger partial charge on any atom is -0.393 e. The van der Waals surface area contributed by atoms with Crippen LogP contribution in [0.5, 0.6) is 0 Å². The highest BCUT2D eigenvalue weighted by molar-refractivity contribution is 5.87. The highest BCUT2D eigenvalue weighted by atomic mass is 16.3. The highest BCUT2D eigenvalue weighted by Gasteiger charge is 2.25. The van der Waals surface area contributed by atoms with E-state index < -0.39 is 0 Å². The molecule has 0 aromatic carbocycles. The standard InChI is InChI=1S/C11H15N5O/c12-9-4-8-10(11(13)15-9)14-5-16(8)6-1-2-7(17)3-6/h4-7,17H,1-3H2,(H4,12,13,15). The van der Waals surface area contributed by atoms with Crippen LogP contribution in [0.1, 0.15) is 25.3 Å². The van der Waals surface area contributed by atoms with E-state index >= 15 is 0 Å². The molecule has 0 saturated heterocycles. The molecule has 0 spiro atoms. The summed E-state index contributed by atoms with van der Waals surface area (Å²) < 4.78 is 2.04. The Labute approximate surface area is 98.3 Å². The van der Waals surface area contributed by atoms with Gasteiger partial charge in [-0.1, -0.05) is 0 Å². The number of hydrogen-bond donors (Lipinski definition) is 3. The predicted octanol–water partition coefficient (Wildman–Crippen LogP) is 0.682. The van der Waals surface area contributed by atoms with Crippen LogP contribution in [0.15, 0.2) is 12.4 Å². The summed E-state index contributed by atoms with van der Waals surface area (Å²) in [5.41, 5.74) is 13.1. The summed E-state index contributed by atoms with van der Waals surface area (Å²) in [6.07, 6.45) is 4.09. The zero-order valence-corrected chi connectivity index (χ0v) is 9.37. The maximum atomic E-state index is 9.58. The minimum atomic E-state index is -0.214. The van der Waals surface area contributed by atoms with Gasteiger partial charge in [-0.3, -0.25) is 0 Å². The Morgan fingerprint density at radius 1 is 1.35 bits per heavy atom. The van der Waals surface area contributed by atoms with Crippen molar-refractivity contribution in [2.24, 2.45) is 0 Å². The molecule has 2 aromatic heterocycles. The summed E-state index contributed by atoms with van der Waals surface area (Å²) in [6.45, 7) is 0. The molecular weight excluding hydrogens is 218 g/mol. The number of aliphatic hydroxyl groups excluding tert-OH is 1. The molecule has 0 amide bonds. The first kappa shape index (κ1) is 10.3. The maximum absolute atomic E-state index is 9.58. The smallest absolute Gasteiger partial charge is 0.154 e. The van der Waals surface area contributed by atoms with Crippen molar-refractivity contribution < 1.29 is 5.11 Å². The lowest BCUT2D eigenvalue weighted by Gasteiger charge is -2.12. The van der Waals surface area contributed by atoms with Crippen molar-refractivity contribution in [2.45, 2.75) is 31.4 Å². The zero-order chi connectivity index (χ0) is 12.0. The molecule has 1 saturated carbocycles. The summed E-state index contributed by atoms with van der Waals surface area (Å²) in [5.74, 6) is 0.757. The molecule has 0 radical (unpaired) electrons. The fraction of sp³-hybridized carbons (Fsp3) is 0.455. The van der Waals surface area contributed by atoms with E-state index in [0.717, 1.165) is 24.8 Å². The van der Waals surface area contributed by atoms with Crippen LogP contribution in [-0.4, -0.2) is 25.7 Å². The second-order valence-corrected chi connectivity index (χ2v) is 4.57. The van der Waals surface area contributed by atoms with Crippen molar-refractivity contribution in [3.63, 3.8) is 0 Å². The molecule has 0 aliphatic heterocycles. The molecule has 1 fully saturated rings. The Morgan fingerprint density at radius 2 is 2.18 bits per heavy atom. The summed E-state index contributed by atoms with van der Waals surface area (Å²) in [4.78, 5) is 8.25. The second kappa shape index (κ2) is 3.59. The van der Waals surface area contributed by atoms with Crippen molar-refractivity contribution in [1.29, 1.82) is 0 Å². The first-order valence-electron chi connectivity index (χ1n) is 5.71. The van der Waals surface area contributed by atoms with Crippen LogP contribution in [0.25, 0.3) is 11.0 Å². The number of nitrogens with two attached hydrogens (primary N) is 2. The fourth-order valence-electron chi connectivity index (χ4n) is 2.55. The number of aromatic nitrogens is 3. The van der Waals surface area contributed by atoms with Gasteiger partial charge in [0.05, 0.1) is 17.9 Å². The van der Waals surface area contributed by atoms with E-state index in [1.807, 2.05) is 4.57 Å². The molecule has 2 heterocycles. The Bertz CT molecular complexity index is 564. The number of hydrogen-bond acceptors (Lipinski definition) is 5. The van der Waals surface area contributed by atoms with Gasteiger partial charge in [0, 0.05) is 12.1 Å². The predicted molar refractivity (Wildman–Crippen MR) is 65.2 cm³/mol. The van der Waals surface area contributed by atoms with Crippen molar-refractivity contribution in [1.82, 2.24) is 14.5 Å². The molecule has 2 unspecified atom stereocenters. The van der Waals surface area contributed by atoms with Crippen molar-refractivity contribution >= 4 is 22.7 Å². The maximum Gasteiger partial charge on any atom is 0.154 e. The van der Waals surface area contributed by atoms with Gasteiger partial charge in [0.2, 0.25) is 0 Å². The summed E-state index contributed by atoms with van der Waals surface area (Å²) in [7, 11) is 0. The number of rotatable bonds is 1. The normalized spacial score (nSPS) is 24.5. The van der Waals surface area contributed by atoms with Gasteiger partial charge in [-0.05, 0) is 19.3 Å². The third-order valence-corrected chi connectivity index (χ3v) is 3.38. The SMILES string of the molecule is Nc1cc2c(ncn2C2CCC(O)C2)c(N)n1. The van der Waals surface area contributed by atoms with Gasteiger partial charge in [-0.15, -0.1) is 0 Å². The van der Waals surface area contributed by atoms with Gasteiger partial charge in [-0.25, -0.2) is 9.97 Å². The summed E-state index contributed by atoms with van der Waals surface area (Å²) in [6, 6.07) is 2.06. The fourth-order valence-corrected chi connectivity index (χ4v) is 2.55. The van der Waals surface area contributed by atoms with Crippen LogP contribution in [-0.2, 0) is 0 Å². The van der Waals surface area contributed by atoms with Gasteiger partial charge >= 0.3 is 0 Å². The van der Waals surface area contributed by atoms with E-state index in [9.17, 15) is 5.11 Å². The first-order valence-corrected chi connectivity index (χ1v) is 5.71. The zero-order valence-electron chi connectivity index (χ0n) is 9.37.